The minimum atomic E-state index is 0.910. The second-order valence-corrected chi connectivity index (χ2v) is 4.86. The third-order valence-electron chi connectivity index (χ3n) is 2.71. The zero-order chi connectivity index (χ0) is 13.0. The van der Waals surface area contributed by atoms with Gasteiger partial charge in [0.05, 0.1) is 14.2 Å². The van der Waals surface area contributed by atoms with E-state index in [9.17, 15) is 0 Å². The van der Waals surface area contributed by atoms with Crippen molar-refractivity contribution >= 4 is 15.9 Å². The van der Waals surface area contributed by atoms with Crippen molar-refractivity contribution in [2.75, 3.05) is 14.2 Å². The number of rotatable bonds is 2. The molecule has 2 aromatic rings. The molecule has 0 aliphatic heterocycles. The van der Waals surface area contributed by atoms with Crippen LogP contribution < -0.4 is 9.47 Å². The summed E-state index contributed by atoms with van der Waals surface area (Å²) in [7, 11) is 3.37. The highest BCUT2D eigenvalue weighted by Gasteiger charge is 2.22. The van der Waals surface area contributed by atoms with Gasteiger partial charge in [-0.1, -0.05) is 34.1 Å². The number of benzene rings is 2. The molecule has 0 N–H and O–H groups in total. The third-order valence-corrected chi connectivity index (χ3v) is 3.17. The van der Waals surface area contributed by atoms with Crippen LogP contribution >= 0.6 is 15.9 Å². The molecule has 0 amide bonds. The van der Waals surface area contributed by atoms with Gasteiger partial charge in [0, 0.05) is 16.5 Å². The van der Waals surface area contributed by atoms with Gasteiger partial charge in [-0.15, -0.1) is 0 Å². The average Bonchev–Trinajstić information content (AvgIpc) is 3.18. The highest BCUT2D eigenvalue weighted by atomic mass is 79.9. The lowest BCUT2D eigenvalue weighted by atomic mass is 10.3. The first kappa shape index (κ1) is 13.0. The first-order valence-electron chi connectivity index (χ1n) is 5.69. The molecule has 0 saturated heterocycles. The lowest BCUT2D eigenvalue weighted by Crippen LogP contribution is -1.80. The van der Waals surface area contributed by atoms with Crippen LogP contribution in [0, 0.1) is 0 Å². The molecule has 2 aromatic carbocycles. The van der Waals surface area contributed by atoms with Crippen LogP contribution in [0.4, 0.5) is 0 Å². The van der Waals surface area contributed by atoms with Gasteiger partial charge < -0.3 is 9.47 Å². The van der Waals surface area contributed by atoms with Crippen LogP contribution in [0.3, 0.4) is 0 Å². The third kappa shape index (κ3) is 3.26. The van der Waals surface area contributed by atoms with E-state index in [4.69, 9.17) is 9.47 Å². The molecule has 2 nitrogen and oxygen atoms in total. The van der Waals surface area contributed by atoms with E-state index in [0.717, 1.165) is 22.4 Å². The van der Waals surface area contributed by atoms with Crippen LogP contribution in [-0.2, 0) is 6.42 Å². The minimum Gasteiger partial charge on any atom is -0.497 e. The van der Waals surface area contributed by atoms with Crippen LogP contribution in [0.5, 0.6) is 11.5 Å². The summed E-state index contributed by atoms with van der Waals surface area (Å²) in [5.74, 6) is 1.93. The predicted molar refractivity (Wildman–Crippen MR) is 76.5 cm³/mol. The number of para-hydroxylation sites is 1. The second-order valence-electron chi connectivity index (χ2n) is 3.94. The maximum absolute atomic E-state index is 5.15. The highest BCUT2D eigenvalue weighted by molar-refractivity contribution is 9.10. The van der Waals surface area contributed by atoms with Crippen molar-refractivity contribution < 1.29 is 9.47 Å². The molecule has 0 aromatic heterocycles. The van der Waals surface area contributed by atoms with Crippen LogP contribution in [0.2, 0.25) is 0 Å². The smallest absolute Gasteiger partial charge is 0.123 e. The zero-order valence-electron chi connectivity index (χ0n) is 10.4. The zero-order valence-corrected chi connectivity index (χ0v) is 12.0. The molecule has 0 unspecified atom stereocenters. The van der Waals surface area contributed by atoms with Gasteiger partial charge in [0.2, 0.25) is 0 Å². The van der Waals surface area contributed by atoms with Crippen molar-refractivity contribution in [1.82, 2.24) is 0 Å². The van der Waals surface area contributed by atoms with Crippen LogP contribution in [0.25, 0.3) is 0 Å². The molecule has 0 radical (unpaired) electrons. The number of halogens is 1. The number of hydrogen-bond acceptors (Lipinski definition) is 2. The fourth-order valence-electron chi connectivity index (χ4n) is 1.69. The second kappa shape index (κ2) is 5.91. The van der Waals surface area contributed by atoms with E-state index in [-0.39, 0.29) is 0 Å². The van der Waals surface area contributed by atoms with E-state index < -0.39 is 0 Å². The Labute approximate surface area is 116 Å². The molecule has 0 bridgehead atoms. The molecule has 0 atom stereocenters. The molecule has 0 fully saturated rings. The Morgan fingerprint density at radius 1 is 1.00 bits per heavy atom. The van der Waals surface area contributed by atoms with E-state index in [1.807, 2.05) is 36.4 Å². The van der Waals surface area contributed by atoms with E-state index in [1.165, 1.54) is 11.1 Å². The van der Waals surface area contributed by atoms with Crippen molar-refractivity contribution in [3.8, 4) is 11.5 Å². The fraction of sp³-hybridized carbons (Fsp3) is 0.200. The van der Waals surface area contributed by atoms with E-state index in [2.05, 4.69) is 22.0 Å². The predicted octanol–water partition coefficient (Wildman–Crippen LogP) is 4.06. The Hall–Kier alpha value is -1.48. The lowest BCUT2D eigenvalue weighted by molar-refractivity contribution is 0.413. The summed E-state index contributed by atoms with van der Waals surface area (Å²) in [5, 5.41) is 0. The van der Waals surface area contributed by atoms with E-state index >= 15 is 0 Å². The molecule has 0 heterocycles. The van der Waals surface area contributed by atoms with Gasteiger partial charge in [-0.2, -0.15) is 0 Å². The Balaban J connectivity index is 0.000000138. The molecule has 94 valence electrons. The van der Waals surface area contributed by atoms with Gasteiger partial charge in [0.1, 0.15) is 11.5 Å². The van der Waals surface area contributed by atoms with Crippen LogP contribution in [-0.4, -0.2) is 14.2 Å². The van der Waals surface area contributed by atoms with Crippen molar-refractivity contribution in [3.63, 3.8) is 0 Å². The van der Waals surface area contributed by atoms with Gasteiger partial charge in [-0.25, -0.2) is 0 Å². The lowest BCUT2D eigenvalue weighted by Gasteiger charge is -1.96. The normalized spacial score (nSPS) is 10.8. The summed E-state index contributed by atoms with van der Waals surface area (Å²) in [4.78, 5) is 0. The fourth-order valence-corrected chi connectivity index (χ4v) is 2.17. The molecule has 18 heavy (non-hydrogen) atoms. The SMILES string of the molecule is COc1cc(Br)cc2c1C2.COc1ccccc1. The number of methoxy groups -OCH3 is 2. The number of hydrogen-bond donors (Lipinski definition) is 0. The van der Waals surface area contributed by atoms with Crippen molar-refractivity contribution in [3.05, 3.63) is 58.1 Å². The summed E-state index contributed by atoms with van der Waals surface area (Å²) in [5.41, 5.74) is 2.77. The summed E-state index contributed by atoms with van der Waals surface area (Å²) < 4.78 is 11.2. The van der Waals surface area contributed by atoms with Crippen molar-refractivity contribution in [1.29, 1.82) is 0 Å². The quantitative estimate of drug-likeness (QED) is 0.711. The Morgan fingerprint density at radius 2 is 1.72 bits per heavy atom. The van der Waals surface area contributed by atoms with Gasteiger partial charge in [0.25, 0.3) is 0 Å². The van der Waals surface area contributed by atoms with Gasteiger partial charge in [0.15, 0.2) is 0 Å². The standard InChI is InChI=1S/C8H7BrO.C7H8O/c1-10-8-4-6(9)2-5-3-7(5)8;1-8-7-5-3-2-4-6-7/h2,4H,3H2,1H3;2-6H,1H3. The average molecular weight is 307 g/mol. The molecule has 0 spiro atoms. The summed E-state index contributed by atoms with van der Waals surface area (Å²) in [6.45, 7) is 0. The molecule has 0 saturated carbocycles. The Morgan fingerprint density at radius 3 is 2.28 bits per heavy atom. The topological polar surface area (TPSA) is 18.5 Å². The van der Waals surface area contributed by atoms with Gasteiger partial charge in [-0.05, 0) is 29.8 Å². The molecular weight excluding hydrogens is 292 g/mol. The van der Waals surface area contributed by atoms with Crippen molar-refractivity contribution in [2.45, 2.75) is 6.42 Å². The largest absolute Gasteiger partial charge is 0.497 e. The van der Waals surface area contributed by atoms with Gasteiger partial charge in [-0.3, -0.25) is 0 Å². The first-order chi connectivity index (χ1) is 8.74. The van der Waals surface area contributed by atoms with E-state index in [0.29, 0.717) is 0 Å². The minimum absolute atomic E-state index is 0.910. The Bertz CT molecular complexity index is 523. The molecule has 1 aliphatic carbocycles. The summed E-state index contributed by atoms with van der Waals surface area (Å²) in [6, 6.07) is 13.8. The number of fused-ring (bicyclic) bond motifs is 1. The van der Waals surface area contributed by atoms with E-state index in [1.54, 1.807) is 14.2 Å². The highest BCUT2D eigenvalue weighted by Crippen LogP contribution is 2.39. The summed E-state index contributed by atoms with van der Waals surface area (Å²) in [6.07, 6.45) is 1.11. The Kier molecular flexibility index (Phi) is 4.26. The molecule has 1 aliphatic rings. The van der Waals surface area contributed by atoms with Crippen LogP contribution in [0.1, 0.15) is 11.1 Å². The number of ether oxygens (including phenoxy) is 2. The first-order valence-corrected chi connectivity index (χ1v) is 6.48. The maximum Gasteiger partial charge on any atom is 0.123 e. The summed E-state index contributed by atoms with van der Waals surface area (Å²) >= 11 is 3.41. The molecule has 3 heteroatoms. The van der Waals surface area contributed by atoms with Crippen LogP contribution in [0.15, 0.2) is 46.9 Å². The molecule has 3 rings (SSSR count). The van der Waals surface area contributed by atoms with Crippen molar-refractivity contribution in [2.24, 2.45) is 0 Å². The molecular formula is C15H15BrO2. The van der Waals surface area contributed by atoms with Gasteiger partial charge >= 0.3 is 0 Å². The maximum atomic E-state index is 5.15. The monoisotopic (exact) mass is 306 g/mol.